The monoisotopic (exact) mass is 296 g/mol. The molecule has 0 unspecified atom stereocenters. The molecule has 0 spiro atoms. The summed E-state index contributed by atoms with van der Waals surface area (Å²) in [6.45, 7) is 4.15. The normalized spacial score (nSPS) is 14.9. The number of anilines is 2. The zero-order chi connectivity index (χ0) is 15.1. The van der Waals surface area contributed by atoms with Crippen molar-refractivity contribution in [1.29, 1.82) is 0 Å². The molecule has 6 nitrogen and oxygen atoms in total. The minimum absolute atomic E-state index is 0.149. The number of carbonyl (C=O) groups is 2. The lowest BCUT2D eigenvalue weighted by atomic mass is 9.99. The molecule has 2 amide bonds. The van der Waals surface area contributed by atoms with Gasteiger partial charge < -0.3 is 22.1 Å². The molecule has 7 heteroatoms. The molecule has 1 saturated carbocycles. The molecule has 20 heavy (non-hydrogen) atoms. The first-order valence-corrected chi connectivity index (χ1v) is 7.32. The second kappa shape index (κ2) is 4.97. The molecule has 6 N–H and O–H groups in total. The van der Waals surface area contributed by atoms with Crippen LogP contribution in [0, 0.1) is 5.92 Å². The molecular formula is C13H20N4O2S. The fourth-order valence-corrected chi connectivity index (χ4v) is 3.50. The molecule has 0 radical (unpaired) electrons. The maximum atomic E-state index is 11.8. The van der Waals surface area contributed by atoms with Crippen LogP contribution in [-0.2, 0) is 0 Å². The maximum Gasteiger partial charge on any atom is 0.263 e. The van der Waals surface area contributed by atoms with Crippen LogP contribution in [0.3, 0.4) is 0 Å². The highest BCUT2D eigenvalue weighted by molar-refractivity contribution is 7.19. The van der Waals surface area contributed by atoms with Crippen molar-refractivity contribution in [3.8, 4) is 0 Å². The van der Waals surface area contributed by atoms with Gasteiger partial charge in [0.1, 0.15) is 9.88 Å². The van der Waals surface area contributed by atoms with Crippen LogP contribution in [0.15, 0.2) is 0 Å². The van der Waals surface area contributed by atoms with E-state index in [0.29, 0.717) is 15.8 Å². The highest BCUT2D eigenvalue weighted by Gasteiger charge is 2.39. The maximum absolute atomic E-state index is 11.8. The average Bonchev–Trinajstić information content (AvgIpc) is 3.14. The fraction of sp³-hybridized carbons (Fsp3) is 0.538. The van der Waals surface area contributed by atoms with E-state index in [-0.39, 0.29) is 22.7 Å². The minimum Gasteiger partial charge on any atom is -0.397 e. The Hall–Kier alpha value is -1.76. The molecule has 0 atom stereocenters. The molecule has 1 aliphatic rings. The first kappa shape index (κ1) is 14.6. The molecule has 1 heterocycles. The topological polar surface area (TPSA) is 110 Å². The molecule has 2 rings (SSSR count). The molecule has 0 saturated heterocycles. The molecule has 1 aliphatic carbocycles. The van der Waals surface area contributed by atoms with Crippen molar-refractivity contribution in [1.82, 2.24) is 5.32 Å². The lowest BCUT2D eigenvalue weighted by Gasteiger charge is -2.27. The zero-order valence-corrected chi connectivity index (χ0v) is 12.7. The second-order valence-electron chi connectivity index (χ2n) is 5.61. The zero-order valence-electron chi connectivity index (χ0n) is 11.9. The van der Waals surface area contributed by atoms with E-state index in [0.717, 1.165) is 12.8 Å². The largest absolute Gasteiger partial charge is 0.397 e. The summed E-state index contributed by atoms with van der Waals surface area (Å²) in [4.78, 5) is 23.7. The van der Waals surface area contributed by atoms with Crippen LogP contribution >= 0.6 is 11.3 Å². The van der Waals surface area contributed by atoms with E-state index in [9.17, 15) is 9.59 Å². The van der Waals surface area contributed by atoms with Gasteiger partial charge in [0.25, 0.3) is 11.8 Å². The third-order valence-electron chi connectivity index (χ3n) is 3.66. The Morgan fingerprint density at radius 1 is 1.35 bits per heavy atom. The second-order valence-corrected chi connectivity index (χ2v) is 6.63. The molecule has 0 aliphatic heterocycles. The van der Waals surface area contributed by atoms with Gasteiger partial charge in [-0.1, -0.05) is 0 Å². The number of primary amides is 1. The summed E-state index contributed by atoms with van der Waals surface area (Å²) in [5.74, 6) is -0.370. The van der Waals surface area contributed by atoms with Crippen LogP contribution in [0.25, 0.3) is 0 Å². The number of thiophene rings is 1. The smallest absolute Gasteiger partial charge is 0.263 e. The van der Waals surface area contributed by atoms with E-state index in [2.05, 4.69) is 24.5 Å². The molecule has 1 aromatic rings. The molecule has 0 bridgehead atoms. The number of rotatable bonds is 5. The third kappa shape index (κ3) is 2.58. The Morgan fingerprint density at radius 3 is 2.40 bits per heavy atom. The first-order valence-electron chi connectivity index (χ1n) is 6.50. The van der Waals surface area contributed by atoms with E-state index >= 15 is 0 Å². The summed E-state index contributed by atoms with van der Waals surface area (Å²) in [5, 5.41) is 6.41. The van der Waals surface area contributed by atoms with E-state index in [1.54, 1.807) is 0 Å². The summed E-state index contributed by atoms with van der Waals surface area (Å²) in [6.07, 6.45) is 2.32. The van der Waals surface area contributed by atoms with Gasteiger partial charge in [-0.2, -0.15) is 0 Å². The Balaban J connectivity index is 2.40. The Labute approximate surface area is 121 Å². The van der Waals surface area contributed by atoms with E-state index in [1.165, 1.54) is 18.4 Å². The quantitative estimate of drug-likeness (QED) is 0.658. The van der Waals surface area contributed by atoms with Gasteiger partial charge in [0, 0.05) is 12.6 Å². The molecule has 1 fully saturated rings. The van der Waals surface area contributed by atoms with Crippen molar-refractivity contribution < 1.29 is 9.59 Å². The Bertz CT molecular complexity index is 561. The van der Waals surface area contributed by atoms with Crippen molar-refractivity contribution >= 4 is 33.8 Å². The molecule has 110 valence electrons. The summed E-state index contributed by atoms with van der Waals surface area (Å²) in [6, 6.07) is 0. The number of amides is 2. The van der Waals surface area contributed by atoms with E-state index < -0.39 is 5.91 Å². The van der Waals surface area contributed by atoms with E-state index in [4.69, 9.17) is 11.5 Å². The van der Waals surface area contributed by atoms with E-state index in [1.807, 2.05) is 0 Å². The van der Waals surface area contributed by atoms with Crippen LogP contribution in [0.1, 0.15) is 46.7 Å². The minimum atomic E-state index is -0.622. The van der Waals surface area contributed by atoms with Crippen molar-refractivity contribution in [2.75, 3.05) is 18.1 Å². The highest BCUT2D eigenvalue weighted by atomic mass is 32.1. The average molecular weight is 296 g/mol. The van der Waals surface area contributed by atoms with Crippen LogP contribution < -0.4 is 22.1 Å². The van der Waals surface area contributed by atoms with Crippen molar-refractivity contribution in [2.24, 2.45) is 11.7 Å². The van der Waals surface area contributed by atoms with Gasteiger partial charge in [0.05, 0.1) is 11.3 Å². The van der Waals surface area contributed by atoms with Crippen LogP contribution in [0.2, 0.25) is 0 Å². The van der Waals surface area contributed by atoms with Crippen LogP contribution in [0.4, 0.5) is 10.7 Å². The number of carbonyl (C=O) groups excluding carboxylic acids is 2. The highest BCUT2D eigenvalue weighted by Crippen LogP contribution is 2.44. The van der Waals surface area contributed by atoms with Gasteiger partial charge in [-0.3, -0.25) is 9.59 Å². The number of nitrogen functional groups attached to an aromatic ring is 1. The van der Waals surface area contributed by atoms with Crippen molar-refractivity contribution in [3.63, 3.8) is 0 Å². The predicted molar refractivity (Wildman–Crippen MR) is 81.1 cm³/mol. The summed E-state index contributed by atoms with van der Waals surface area (Å²) in [5.41, 5.74) is 11.5. The van der Waals surface area contributed by atoms with Gasteiger partial charge in [-0.25, -0.2) is 0 Å². The number of hydrogen-bond acceptors (Lipinski definition) is 5. The first-order chi connectivity index (χ1) is 9.27. The van der Waals surface area contributed by atoms with Crippen molar-refractivity contribution in [3.05, 3.63) is 10.4 Å². The lowest BCUT2D eigenvalue weighted by molar-refractivity contribution is 0.0967. The molecular weight excluding hydrogens is 276 g/mol. The van der Waals surface area contributed by atoms with Gasteiger partial charge in [-0.15, -0.1) is 11.3 Å². The summed E-state index contributed by atoms with van der Waals surface area (Å²) in [7, 11) is 1.52. The van der Waals surface area contributed by atoms with Crippen LogP contribution in [-0.4, -0.2) is 24.4 Å². The predicted octanol–water partition coefficient (Wildman–Crippen LogP) is 1.39. The Kier molecular flexibility index (Phi) is 3.64. The number of hydrogen-bond donors (Lipinski definition) is 4. The molecule has 0 aromatic carbocycles. The van der Waals surface area contributed by atoms with Crippen molar-refractivity contribution in [2.45, 2.75) is 32.2 Å². The lowest BCUT2D eigenvalue weighted by Crippen LogP contribution is -2.33. The summed E-state index contributed by atoms with van der Waals surface area (Å²) < 4.78 is 0. The molecule has 1 aromatic heterocycles. The van der Waals surface area contributed by atoms with Gasteiger partial charge >= 0.3 is 0 Å². The third-order valence-corrected chi connectivity index (χ3v) is 4.78. The summed E-state index contributed by atoms with van der Waals surface area (Å²) >= 11 is 1.17. The van der Waals surface area contributed by atoms with Gasteiger partial charge in [-0.05, 0) is 32.6 Å². The number of nitrogens with two attached hydrogens (primary N) is 2. The van der Waals surface area contributed by atoms with Crippen LogP contribution in [0.5, 0.6) is 0 Å². The standard InChI is InChI=1S/C13H20N4O2S/c1-13(2,6-4-5-6)17-12-7(10(15)18)8(14)9(20-12)11(19)16-3/h6,17H,4-5,14H2,1-3H3,(H2,15,18)(H,16,19). The number of nitrogens with one attached hydrogen (secondary N) is 2. The Morgan fingerprint density at radius 2 is 1.95 bits per heavy atom. The van der Waals surface area contributed by atoms with Gasteiger partial charge in [0.15, 0.2) is 0 Å². The van der Waals surface area contributed by atoms with Gasteiger partial charge in [0.2, 0.25) is 0 Å². The fourth-order valence-electron chi connectivity index (χ4n) is 2.26. The SMILES string of the molecule is CNC(=O)c1sc(NC(C)(C)C2CC2)c(C(N)=O)c1N.